The normalized spacial score (nSPS) is 12.7. The first-order valence-electron chi connectivity index (χ1n) is 10.2. The van der Waals surface area contributed by atoms with Gasteiger partial charge in [0.15, 0.2) is 46.5 Å². The van der Waals surface area contributed by atoms with Crippen molar-refractivity contribution in [1.82, 2.24) is 0 Å². The number of hydrogen-bond acceptors (Lipinski definition) is 4. The summed E-state index contributed by atoms with van der Waals surface area (Å²) in [4.78, 5) is 24.5. The molecule has 0 heterocycles. The number of hydrogen-bond donors (Lipinski definition) is 0. The summed E-state index contributed by atoms with van der Waals surface area (Å²) >= 11 is 0. The van der Waals surface area contributed by atoms with Crippen LogP contribution < -0.4 is 0 Å². The van der Waals surface area contributed by atoms with Crippen molar-refractivity contribution in [1.29, 1.82) is 0 Å². The highest BCUT2D eigenvalue weighted by atomic mass is 19.2. The molecule has 0 aromatic heterocycles. The lowest BCUT2D eigenvalue weighted by Crippen LogP contribution is -2.16. The quantitative estimate of drug-likeness (QED) is 0.144. The van der Waals surface area contributed by atoms with Crippen LogP contribution in [0.25, 0.3) is 0 Å². The van der Waals surface area contributed by atoms with Gasteiger partial charge in [0.1, 0.15) is 12.2 Å². The minimum absolute atomic E-state index is 0.370. The van der Waals surface area contributed by atoms with E-state index in [9.17, 15) is 53.5 Å². The van der Waals surface area contributed by atoms with Gasteiger partial charge in [-0.1, -0.05) is 0 Å². The van der Waals surface area contributed by atoms with Gasteiger partial charge in [-0.25, -0.2) is 53.5 Å². The molecule has 0 N–H and O–H groups in total. The molecule has 0 radical (unpaired) electrons. The molecule has 4 nitrogen and oxygen atoms in total. The van der Waals surface area contributed by atoms with E-state index in [1.165, 1.54) is 0 Å². The highest BCUT2D eigenvalue weighted by Crippen LogP contribution is 2.31. The molecule has 14 heteroatoms. The number of esters is 2. The van der Waals surface area contributed by atoms with Gasteiger partial charge in [0.2, 0.25) is 11.6 Å². The van der Waals surface area contributed by atoms with Crippen molar-refractivity contribution in [3.8, 4) is 0 Å². The highest BCUT2D eigenvalue weighted by Gasteiger charge is 2.32. The second kappa shape index (κ2) is 10.7. The summed E-state index contributed by atoms with van der Waals surface area (Å²) in [5.41, 5.74) is -3.55. The van der Waals surface area contributed by atoms with Crippen molar-refractivity contribution in [2.75, 3.05) is 0 Å². The summed E-state index contributed by atoms with van der Waals surface area (Å²) in [5.74, 6) is -25.2. The highest BCUT2D eigenvalue weighted by molar-refractivity contribution is 5.93. The van der Waals surface area contributed by atoms with Crippen LogP contribution in [0.1, 0.15) is 57.9 Å². The Bertz CT molecular complexity index is 1270. The van der Waals surface area contributed by atoms with Gasteiger partial charge in [0.25, 0.3) is 0 Å². The van der Waals surface area contributed by atoms with Gasteiger partial charge in [-0.3, -0.25) is 0 Å². The topological polar surface area (TPSA) is 52.6 Å². The summed E-state index contributed by atoms with van der Waals surface area (Å²) in [6.45, 7) is 1.67. The maximum absolute atomic E-state index is 13.9. The molecule has 3 aromatic carbocycles. The number of halogens is 10. The van der Waals surface area contributed by atoms with Gasteiger partial charge in [0.05, 0.1) is 22.3 Å². The maximum atomic E-state index is 13.9. The summed E-state index contributed by atoms with van der Waals surface area (Å²) in [7, 11) is 0. The van der Waals surface area contributed by atoms with E-state index in [0.717, 1.165) is 38.1 Å². The predicted molar refractivity (Wildman–Crippen MR) is 107 cm³/mol. The fourth-order valence-electron chi connectivity index (χ4n) is 3.28. The van der Waals surface area contributed by atoms with Crippen molar-refractivity contribution in [3.63, 3.8) is 0 Å². The Balaban J connectivity index is 1.76. The van der Waals surface area contributed by atoms with Crippen LogP contribution in [0.4, 0.5) is 43.9 Å². The molecule has 3 aromatic rings. The molecule has 0 aliphatic carbocycles. The lowest BCUT2D eigenvalue weighted by molar-refractivity contribution is 0.0304. The molecule has 0 aliphatic heterocycles. The third-order valence-corrected chi connectivity index (χ3v) is 5.22. The van der Waals surface area contributed by atoms with Gasteiger partial charge in [-0.05, 0) is 38.1 Å². The van der Waals surface area contributed by atoms with Gasteiger partial charge in [-0.2, -0.15) is 0 Å². The van der Waals surface area contributed by atoms with Crippen LogP contribution in [-0.4, -0.2) is 11.9 Å². The van der Waals surface area contributed by atoms with Gasteiger partial charge in [0, 0.05) is 0 Å². The van der Waals surface area contributed by atoms with E-state index >= 15 is 0 Å². The lowest BCUT2D eigenvalue weighted by Gasteiger charge is -2.17. The number of carbonyl (C=O) groups is 2. The lowest BCUT2D eigenvalue weighted by atomic mass is 10.1. The van der Waals surface area contributed by atoms with E-state index < -0.39 is 93.4 Å². The molecule has 38 heavy (non-hydrogen) atoms. The summed E-state index contributed by atoms with van der Waals surface area (Å²) in [5, 5.41) is 0. The average molecular weight is 554 g/mol. The Morgan fingerprint density at radius 1 is 0.474 bits per heavy atom. The van der Waals surface area contributed by atoms with Crippen molar-refractivity contribution in [2.24, 2.45) is 0 Å². The Kier molecular flexibility index (Phi) is 8.03. The summed E-state index contributed by atoms with van der Waals surface area (Å²) in [6.07, 6.45) is -3.89. The molecule has 0 spiro atoms. The molecule has 0 saturated heterocycles. The first-order chi connectivity index (χ1) is 17.7. The molecular formula is C24H12F10O4. The smallest absolute Gasteiger partial charge is 0.338 e. The maximum Gasteiger partial charge on any atom is 0.338 e. The molecule has 2 unspecified atom stereocenters. The number of ether oxygens (including phenoxy) is 2. The largest absolute Gasteiger partial charge is 0.454 e. The van der Waals surface area contributed by atoms with E-state index in [0.29, 0.717) is 0 Å². The van der Waals surface area contributed by atoms with Crippen LogP contribution in [0, 0.1) is 58.2 Å². The van der Waals surface area contributed by atoms with E-state index in [2.05, 4.69) is 0 Å². The Hall–Kier alpha value is -4.10. The molecule has 0 saturated carbocycles. The molecule has 0 fully saturated rings. The van der Waals surface area contributed by atoms with Crippen LogP contribution >= 0.6 is 0 Å². The molecule has 2 atom stereocenters. The van der Waals surface area contributed by atoms with Gasteiger partial charge in [-0.15, -0.1) is 0 Å². The van der Waals surface area contributed by atoms with Crippen LogP contribution in [-0.2, 0) is 9.47 Å². The first kappa shape index (κ1) is 28.5. The Morgan fingerprint density at radius 2 is 0.684 bits per heavy atom. The Morgan fingerprint density at radius 3 is 0.921 bits per heavy atom. The van der Waals surface area contributed by atoms with Crippen molar-refractivity contribution >= 4 is 11.9 Å². The SMILES string of the molecule is CC(OC(=O)c1ccc(C(=O)OC(C)c2c(F)c(F)c(F)c(F)c2F)cc1)c1c(F)c(F)c(F)c(F)c1F. The van der Waals surface area contributed by atoms with E-state index in [1.807, 2.05) is 0 Å². The van der Waals surface area contributed by atoms with Crippen molar-refractivity contribution in [2.45, 2.75) is 26.1 Å². The van der Waals surface area contributed by atoms with E-state index in [-0.39, 0.29) is 11.1 Å². The second-order valence-electron chi connectivity index (χ2n) is 7.64. The van der Waals surface area contributed by atoms with E-state index in [4.69, 9.17) is 9.47 Å². The minimum Gasteiger partial charge on any atom is -0.454 e. The van der Waals surface area contributed by atoms with Gasteiger partial charge >= 0.3 is 11.9 Å². The first-order valence-corrected chi connectivity index (χ1v) is 10.2. The monoisotopic (exact) mass is 554 g/mol. The standard InChI is InChI=1S/C24H12F10O4/c1-7(11-13(25)17(29)21(33)18(30)14(11)26)37-23(35)9-3-5-10(6-4-9)24(36)38-8(2)12-15(27)19(31)22(34)20(32)16(12)28/h3-8H,1-2H3. The molecule has 202 valence electrons. The molecule has 0 amide bonds. The summed E-state index contributed by atoms with van der Waals surface area (Å²) in [6, 6.07) is 3.64. The minimum atomic E-state index is -2.40. The molecule has 3 rings (SSSR count). The third kappa shape index (κ3) is 5.02. The second-order valence-corrected chi connectivity index (χ2v) is 7.64. The third-order valence-electron chi connectivity index (χ3n) is 5.22. The zero-order valence-electron chi connectivity index (χ0n) is 18.9. The average Bonchev–Trinajstić information content (AvgIpc) is 2.88. The number of carbonyl (C=O) groups excluding carboxylic acids is 2. The zero-order valence-corrected chi connectivity index (χ0v) is 18.9. The number of rotatable bonds is 6. The fraction of sp³-hybridized carbons (Fsp3) is 0.167. The Labute approximate surface area is 206 Å². The van der Waals surface area contributed by atoms with Crippen LogP contribution in [0.2, 0.25) is 0 Å². The van der Waals surface area contributed by atoms with Crippen LogP contribution in [0.5, 0.6) is 0 Å². The molecule has 0 aliphatic rings. The predicted octanol–water partition coefficient (Wildman–Crippen LogP) is 6.91. The number of benzene rings is 3. The zero-order chi connectivity index (χ0) is 28.6. The van der Waals surface area contributed by atoms with Gasteiger partial charge < -0.3 is 9.47 Å². The summed E-state index contributed by atoms with van der Waals surface area (Å²) < 4.78 is 145. The fourth-order valence-corrected chi connectivity index (χ4v) is 3.28. The van der Waals surface area contributed by atoms with Crippen LogP contribution in [0.15, 0.2) is 24.3 Å². The molecule has 0 bridgehead atoms. The van der Waals surface area contributed by atoms with Crippen LogP contribution in [0.3, 0.4) is 0 Å². The van der Waals surface area contributed by atoms with E-state index in [1.54, 1.807) is 0 Å². The van der Waals surface area contributed by atoms with Crippen molar-refractivity contribution < 1.29 is 63.0 Å². The van der Waals surface area contributed by atoms with Crippen molar-refractivity contribution in [3.05, 3.63) is 105 Å². The molecular weight excluding hydrogens is 542 g/mol.